The minimum Gasteiger partial charge on any atom is -0.394 e. The fourth-order valence-electron chi connectivity index (χ4n) is 2.48. The zero-order valence-corrected chi connectivity index (χ0v) is 12.9. The molecule has 0 bridgehead atoms. The first kappa shape index (κ1) is 15.6. The van der Waals surface area contributed by atoms with E-state index in [0.717, 1.165) is 23.8 Å². The summed E-state index contributed by atoms with van der Waals surface area (Å²) >= 11 is 6.16. The molecule has 0 aromatic heterocycles. The molecule has 20 heavy (non-hydrogen) atoms. The molecule has 0 aliphatic carbocycles. The van der Waals surface area contributed by atoms with Crippen LogP contribution in [0.4, 0.5) is 5.69 Å². The lowest BCUT2D eigenvalue weighted by Crippen LogP contribution is -2.50. The van der Waals surface area contributed by atoms with Crippen LogP contribution < -0.4 is 10.2 Å². The van der Waals surface area contributed by atoms with Crippen molar-refractivity contribution in [2.24, 2.45) is 0 Å². The molecule has 1 fully saturated rings. The van der Waals surface area contributed by atoms with Crippen LogP contribution in [0, 0.1) is 0 Å². The Morgan fingerprint density at radius 3 is 3.00 bits per heavy atom. The zero-order valence-electron chi connectivity index (χ0n) is 12.1. The summed E-state index contributed by atoms with van der Waals surface area (Å²) in [5, 5.41) is 13.4. The number of hydrogen-bond acceptors (Lipinski definition) is 4. The first-order valence-electron chi connectivity index (χ1n) is 7.14. The standard InChI is InChI=1S/C15H23ClN2O2/c1-3-17-7-12-4-5-13(16)6-15(12)18-8-14(9-19)20-10-11(18)2/h4-6,11,14,17,19H,3,7-10H2,1-2H3. The molecular weight excluding hydrogens is 276 g/mol. The predicted molar refractivity (Wildman–Crippen MR) is 82.5 cm³/mol. The molecule has 4 nitrogen and oxygen atoms in total. The van der Waals surface area contributed by atoms with Crippen molar-refractivity contribution in [3.63, 3.8) is 0 Å². The van der Waals surface area contributed by atoms with Crippen LogP contribution in [0.5, 0.6) is 0 Å². The van der Waals surface area contributed by atoms with Crippen LogP contribution in [0.2, 0.25) is 5.02 Å². The van der Waals surface area contributed by atoms with Crippen molar-refractivity contribution in [2.45, 2.75) is 32.5 Å². The van der Waals surface area contributed by atoms with Gasteiger partial charge >= 0.3 is 0 Å². The SMILES string of the molecule is CCNCc1ccc(Cl)cc1N1CC(CO)OCC1C. The molecule has 1 aromatic carbocycles. The molecule has 112 valence electrons. The van der Waals surface area contributed by atoms with Gasteiger partial charge in [0.2, 0.25) is 0 Å². The van der Waals surface area contributed by atoms with E-state index in [0.29, 0.717) is 13.2 Å². The lowest BCUT2D eigenvalue weighted by Gasteiger charge is -2.40. The number of halogens is 1. The van der Waals surface area contributed by atoms with Crippen molar-refractivity contribution in [3.05, 3.63) is 28.8 Å². The number of nitrogens with one attached hydrogen (secondary N) is 1. The van der Waals surface area contributed by atoms with Gasteiger partial charge in [-0.25, -0.2) is 0 Å². The second-order valence-corrected chi connectivity index (χ2v) is 5.63. The minimum absolute atomic E-state index is 0.0479. The number of aliphatic hydroxyl groups is 1. The molecule has 2 rings (SSSR count). The van der Waals surface area contributed by atoms with Crippen molar-refractivity contribution in [2.75, 3.05) is 31.2 Å². The highest BCUT2D eigenvalue weighted by Gasteiger charge is 2.27. The second kappa shape index (κ2) is 7.27. The van der Waals surface area contributed by atoms with Crippen molar-refractivity contribution in [1.29, 1.82) is 0 Å². The van der Waals surface area contributed by atoms with Gasteiger partial charge in [0.25, 0.3) is 0 Å². The zero-order chi connectivity index (χ0) is 14.5. The molecule has 0 spiro atoms. The molecule has 1 saturated heterocycles. The largest absolute Gasteiger partial charge is 0.394 e. The van der Waals surface area contributed by atoms with E-state index in [1.165, 1.54) is 5.56 Å². The summed E-state index contributed by atoms with van der Waals surface area (Å²) in [6.07, 6.45) is -0.128. The lowest BCUT2D eigenvalue weighted by molar-refractivity contribution is -0.0103. The van der Waals surface area contributed by atoms with E-state index in [1.807, 2.05) is 12.1 Å². The number of anilines is 1. The molecule has 1 aromatic rings. The molecular formula is C15H23ClN2O2. The number of ether oxygens (including phenoxy) is 1. The Morgan fingerprint density at radius 2 is 2.30 bits per heavy atom. The smallest absolute Gasteiger partial charge is 0.0981 e. The normalized spacial score (nSPS) is 23.1. The molecule has 0 saturated carbocycles. The molecule has 2 atom stereocenters. The molecule has 5 heteroatoms. The van der Waals surface area contributed by atoms with Crippen molar-refractivity contribution in [1.82, 2.24) is 5.32 Å². The quantitative estimate of drug-likeness (QED) is 0.873. The van der Waals surface area contributed by atoms with Crippen molar-refractivity contribution >= 4 is 17.3 Å². The van der Waals surface area contributed by atoms with Crippen LogP contribution in [0.15, 0.2) is 18.2 Å². The maximum Gasteiger partial charge on any atom is 0.0981 e. The Labute approximate surface area is 125 Å². The van der Waals surface area contributed by atoms with Gasteiger partial charge in [-0.1, -0.05) is 24.6 Å². The van der Waals surface area contributed by atoms with E-state index >= 15 is 0 Å². The average molecular weight is 299 g/mol. The van der Waals surface area contributed by atoms with Crippen molar-refractivity contribution < 1.29 is 9.84 Å². The van der Waals surface area contributed by atoms with Gasteiger partial charge in [0, 0.05) is 29.8 Å². The van der Waals surface area contributed by atoms with E-state index in [9.17, 15) is 5.11 Å². The van der Waals surface area contributed by atoms with Crippen LogP contribution in [-0.2, 0) is 11.3 Å². The van der Waals surface area contributed by atoms with Gasteiger partial charge in [-0.05, 0) is 31.2 Å². The number of benzene rings is 1. The lowest BCUT2D eigenvalue weighted by atomic mass is 10.1. The molecule has 1 heterocycles. The maximum atomic E-state index is 9.32. The third-order valence-corrected chi connectivity index (χ3v) is 3.87. The van der Waals surface area contributed by atoms with E-state index in [-0.39, 0.29) is 18.8 Å². The summed E-state index contributed by atoms with van der Waals surface area (Å²) in [5.41, 5.74) is 2.36. The Kier molecular flexibility index (Phi) is 5.66. The number of aliphatic hydroxyl groups excluding tert-OH is 1. The van der Waals surface area contributed by atoms with E-state index < -0.39 is 0 Å². The van der Waals surface area contributed by atoms with Gasteiger partial charge in [-0.3, -0.25) is 0 Å². The van der Waals surface area contributed by atoms with Gasteiger partial charge in [0.1, 0.15) is 0 Å². The van der Waals surface area contributed by atoms with E-state index in [2.05, 4.69) is 30.1 Å². The number of hydrogen-bond donors (Lipinski definition) is 2. The Hall–Kier alpha value is -0.810. The fourth-order valence-corrected chi connectivity index (χ4v) is 2.64. The average Bonchev–Trinajstić information content (AvgIpc) is 2.46. The van der Waals surface area contributed by atoms with Crippen LogP contribution in [0.1, 0.15) is 19.4 Å². The molecule has 0 amide bonds. The molecule has 1 aliphatic heterocycles. The van der Waals surface area contributed by atoms with Gasteiger partial charge in [-0.2, -0.15) is 0 Å². The van der Waals surface area contributed by atoms with Gasteiger partial charge in [-0.15, -0.1) is 0 Å². The first-order valence-corrected chi connectivity index (χ1v) is 7.51. The third kappa shape index (κ3) is 3.64. The topological polar surface area (TPSA) is 44.7 Å². The van der Waals surface area contributed by atoms with Crippen LogP contribution in [0.3, 0.4) is 0 Å². The molecule has 2 unspecified atom stereocenters. The summed E-state index contributed by atoms with van der Waals surface area (Å²) in [7, 11) is 0. The van der Waals surface area contributed by atoms with Crippen LogP contribution >= 0.6 is 11.6 Å². The predicted octanol–water partition coefficient (Wildman–Crippen LogP) is 2.04. The Bertz CT molecular complexity index is 442. The van der Waals surface area contributed by atoms with E-state index in [4.69, 9.17) is 16.3 Å². The minimum atomic E-state index is -0.128. The highest BCUT2D eigenvalue weighted by molar-refractivity contribution is 6.30. The highest BCUT2D eigenvalue weighted by atomic mass is 35.5. The second-order valence-electron chi connectivity index (χ2n) is 5.19. The number of nitrogens with zero attached hydrogens (tertiary/aromatic N) is 1. The number of rotatable bonds is 5. The van der Waals surface area contributed by atoms with Gasteiger partial charge in [0.05, 0.1) is 19.3 Å². The summed E-state index contributed by atoms with van der Waals surface area (Å²) in [6.45, 7) is 7.33. The highest BCUT2D eigenvalue weighted by Crippen LogP contribution is 2.29. The van der Waals surface area contributed by atoms with Crippen molar-refractivity contribution in [3.8, 4) is 0 Å². The Morgan fingerprint density at radius 1 is 1.50 bits per heavy atom. The molecule has 0 radical (unpaired) electrons. The summed E-state index contributed by atoms with van der Waals surface area (Å²) in [4.78, 5) is 2.28. The fraction of sp³-hybridized carbons (Fsp3) is 0.600. The van der Waals surface area contributed by atoms with E-state index in [1.54, 1.807) is 0 Å². The summed E-state index contributed by atoms with van der Waals surface area (Å²) in [6, 6.07) is 6.27. The monoisotopic (exact) mass is 298 g/mol. The van der Waals surface area contributed by atoms with Crippen LogP contribution in [0.25, 0.3) is 0 Å². The number of morpholine rings is 1. The van der Waals surface area contributed by atoms with Crippen LogP contribution in [-0.4, -0.2) is 43.6 Å². The van der Waals surface area contributed by atoms with Gasteiger partial charge in [0.15, 0.2) is 0 Å². The summed E-state index contributed by atoms with van der Waals surface area (Å²) < 4.78 is 5.60. The maximum absolute atomic E-state index is 9.32. The first-order chi connectivity index (χ1) is 9.65. The third-order valence-electron chi connectivity index (χ3n) is 3.63. The molecule has 1 aliphatic rings. The molecule has 2 N–H and O–H groups in total. The van der Waals surface area contributed by atoms with Gasteiger partial charge < -0.3 is 20.1 Å². The summed E-state index contributed by atoms with van der Waals surface area (Å²) in [5.74, 6) is 0. The Balaban J connectivity index is 2.26.